The SMILES string of the molecule is O=C(O)c1cccc2c1CN(Cc1cccc3c1OCCCO3)C2. The van der Waals surface area contributed by atoms with Crippen LogP contribution in [0.4, 0.5) is 0 Å². The summed E-state index contributed by atoms with van der Waals surface area (Å²) in [5.41, 5.74) is 3.50. The molecule has 0 spiro atoms. The molecular weight excluding hydrogens is 306 g/mol. The Bertz CT molecular complexity index is 787. The van der Waals surface area contributed by atoms with Crippen LogP contribution < -0.4 is 9.47 Å². The molecule has 2 aliphatic rings. The molecular formula is C19H19NO4. The third-order valence-corrected chi connectivity index (χ3v) is 4.53. The van der Waals surface area contributed by atoms with E-state index in [1.54, 1.807) is 6.07 Å². The lowest BCUT2D eigenvalue weighted by atomic mass is 10.0. The highest BCUT2D eigenvalue weighted by Crippen LogP contribution is 2.35. The van der Waals surface area contributed by atoms with E-state index >= 15 is 0 Å². The molecule has 0 radical (unpaired) electrons. The average molecular weight is 325 g/mol. The van der Waals surface area contributed by atoms with Gasteiger partial charge in [0.2, 0.25) is 0 Å². The molecule has 0 aromatic heterocycles. The van der Waals surface area contributed by atoms with Crippen molar-refractivity contribution in [3.63, 3.8) is 0 Å². The van der Waals surface area contributed by atoms with Gasteiger partial charge in [0.15, 0.2) is 11.5 Å². The van der Waals surface area contributed by atoms with Crippen LogP contribution in [-0.2, 0) is 19.6 Å². The number of benzene rings is 2. The number of carboxylic acid groups (broad SMARTS) is 1. The number of aromatic carboxylic acids is 1. The fourth-order valence-corrected chi connectivity index (χ4v) is 3.42. The highest BCUT2D eigenvalue weighted by molar-refractivity contribution is 5.90. The fraction of sp³-hybridized carbons (Fsp3) is 0.316. The molecule has 1 N–H and O–H groups in total. The number of nitrogens with zero attached hydrogens (tertiary/aromatic N) is 1. The molecule has 2 aromatic rings. The van der Waals surface area contributed by atoms with Gasteiger partial charge >= 0.3 is 5.97 Å². The van der Waals surface area contributed by atoms with E-state index in [1.165, 1.54) is 0 Å². The molecule has 24 heavy (non-hydrogen) atoms. The molecule has 0 atom stereocenters. The minimum atomic E-state index is -0.862. The average Bonchev–Trinajstić information content (AvgIpc) is 2.82. The summed E-state index contributed by atoms with van der Waals surface area (Å²) in [4.78, 5) is 13.6. The zero-order valence-corrected chi connectivity index (χ0v) is 13.3. The lowest BCUT2D eigenvalue weighted by molar-refractivity contribution is 0.0695. The molecule has 2 heterocycles. The maximum atomic E-state index is 11.4. The van der Waals surface area contributed by atoms with Gasteiger partial charge in [-0.15, -0.1) is 0 Å². The maximum absolute atomic E-state index is 11.4. The van der Waals surface area contributed by atoms with E-state index in [1.807, 2.05) is 24.3 Å². The molecule has 5 heteroatoms. The second kappa shape index (κ2) is 6.17. The Kier molecular flexibility index (Phi) is 3.86. The maximum Gasteiger partial charge on any atom is 0.336 e. The van der Waals surface area contributed by atoms with Crippen LogP contribution in [0, 0.1) is 0 Å². The van der Waals surface area contributed by atoms with Crippen LogP contribution in [0.3, 0.4) is 0 Å². The van der Waals surface area contributed by atoms with Gasteiger partial charge in [-0.1, -0.05) is 24.3 Å². The Balaban J connectivity index is 1.58. The summed E-state index contributed by atoms with van der Waals surface area (Å²) in [6.45, 7) is 3.44. The van der Waals surface area contributed by atoms with Crippen LogP contribution >= 0.6 is 0 Å². The number of hydrogen-bond acceptors (Lipinski definition) is 4. The fourth-order valence-electron chi connectivity index (χ4n) is 3.42. The van der Waals surface area contributed by atoms with Crippen LogP contribution in [0.15, 0.2) is 36.4 Å². The quantitative estimate of drug-likeness (QED) is 0.940. The largest absolute Gasteiger partial charge is 0.490 e. The van der Waals surface area contributed by atoms with Gasteiger partial charge in [-0.2, -0.15) is 0 Å². The molecule has 5 nitrogen and oxygen atoms in total. The summed E-state index contributed by atoms with van der Waals surface area (Å²) in [6.07, 6.45) is 0.880. The number of rotatable bonds is 3. The Hall–Kier alpha value is -2.53. The third-order valence-electron chi connectivity index (χ3n) is 4.53. The van der Waals surface area contributed by atoms with Gasteiger partial charge in [-0.3, -0.25) is 4.90 Å². The summed E-state index contributed by atoms with van der Waals surface area (Å²) >= 11 is 0. The van der Waals surface area contributed by atoms with Gasteiger partial charge in [0, 0.05) is 31.6 Å². The van der Waals surface area contributed by atoms with Crippen molar-refractivity contribution in [2.75, 3.05) is 13.2 Å². The number of fused-ring (bicyclic) bond motifs is 2. The zero-order chi connectivity index (χ0) is 16.5. The van der Waals surface area contributed by atoms with Gasteiger partial charge in [-0.25, -0.2) is 4.79 Å². The van der Waals surface area contributed by atoms with Crippen molar-refractivity contribution in [2.24, 2.45) is 0 Å². The molecule has 2 aliphatic heterocycles. The number of carboxylic acids is 1. The summed E-state index contributed by atoms with van der Waals surface area (Å²) in [7, 11) is 0. The lowest BCUT2D eigenvalue weighted by Crippen LogP contribution is -2.17. The van der Waals surface area contributed by atoms with E-state index in [9.17, 15) is 9.90 Å². The minimum Gasteiger partial charge on any atom is -0.490 e. The molecule has 4 rings (SSSR count). The molecule has 0 unspecified atom stereocenters. The van der Waals surface area contributed by atoms with E-state index in [0.717, 1.165) is 41.2 Å². The van der Waals surface area contributed by atoms with E-state index in [4.69, 9.17) is 9.47 Å². The standard InChI is InChI=1S/C19H19NO4/c21-19(22)15-6-1-4-13-10-20(12-16(13)15)11-14-5-2-7-17-18(14)24-9-3-8-23-17/h1-2,4-7H,3,8-12H2,(H,21,22). The zero-order valence-electron chi connectivity index (χ0n) is 13.3. The molecule has 0 amide bonds. The van der Waals surface area contributed by atoms with Crippen molar-refractivity contribution in [3.8, 4) is 11.5 Å². The van der Waals surface area contributed by atoms with Crippen LogP contribution in [0.1, 0.15) is 33.5 Å². The van der Waals surface area contributed by atoms with Gasteiger partial charge < -0.3 is 14.6 Å². The van der Waals surface area contributed by atoms with Crippen molar-refractivity contribution in [2.45, 2.75) is 26.1 Å². The van der Waals surface area contributed by atoms with Crippen molar-refractivity contribution in [3.05, 3.63) is 58.7 Å². The summed E-state index contributed by atoms with van der Waals surface area (Å²) in [5.74, 6) is 0.761. The highest BCUT2D eigenvalue weighted by Gasteiger charge is 2.25. The molecule has 0 fully saturated rings. The van der Waals surface area contributed by atoms with E-state index in [2.05, 4.69) is 11.0 Å². The molecule has 124 valence electrons. The number of carbonyl (C=O) groups is 1. The van der Waals surface area contributed by atoms with Crippen molar-refractivity contribution in [1.29, 1.82) is 0 Å². The molecule has 0 bridgehead atoms. The normalized spacial score (nSPS) is 16.5. The first kappa shape index (κ1) is 15.0. The van der Waals surface area contributed by atoms with E-state index in [-0.39, 0.29) is 0 Å². The van der Waals surface area contributed by atoms with Gasteiger partial charge in [0.25, 0.3) is 0 Å². The second-order valence-corrected chi connectivity index (χ2v) is 6.19. The Morgan fingerprint density at radius 3 is 2.79 bits per heavy atom. The Labute approximate surface area is 140 Å². The van der Waals surface area contributed by atoms with Crippen LogP contribution in [0.2, 0.25) is 0 Å². The van der Waals surface area contributed by atoms with E-state index < -0.39 is 5.97 Å². The van der Waals surface area contributed by atoms with Crippen LogP contribution in [-0.4, -0.2) is 29.2 Å². The Morgan fingerprint density at radius 2 is 1.92 bits per heavy atom. The summed E-state index contributed by atoms with van der Waals surface area (Å²) in [5, 5.41) is 9.36. The first-order valence-electron chi connectivity index (χ1n) is 8.16. The lowest BCUT2D eigenvalue weighted by Gasteiger charge is -2.18. The predicted molar refractivity (Wildman–Crippen MR) is 88.4 cm³/mol. The first-order chi connectivity index (χ1) is 11.7. The Morgan fingerprint density at radius 1 is 1.08 bits per heavy atom. The monoisotopic (exact) mass is 325 g/mol. The van der Waals surface area contributed by atoms with Gasteiger partial charge in [0.1, 0.15) is 0 Å². The van der Waals surface area contributed by atoms with Crippen molar-refractivity contribution in [1.82, 2.24) is 4.90 Å². The van der Waals surface area contributed by atoms with Crippen molar-refractivity contribution < 1.29 is 19.4 Å². The molecule has 0 saturated carbocycles. The number of hydrogen-bond donors (Lipinski definition) is 1. The smallest absolute Gasteiger partial charge is 0.336 e. The van der Waals surface area contributed by atoms with Crippen LogP contribution in [0.5, 0.6) is 11.5 Å². The highest BCUT2D eigenvalue weighted by atomic mass is 16.5. The van der Waals surface area contributed by atoms with Crippen LogP contribution in [0.25, 0.3) is 0 Å². The molecule has 0 aliphatic carbocycles. The first-order valence-corrected chi connectivity index (χ1v) is 8.16. The van der Waals surface area contributed by atoms with Gasteiger partial charge in [-0.05, 0) is 23.3 Å². The molecule has 0 saturated heterocycles. The van der Waals surface area contributed by atoms with E-state index in [0.29, 0.717) is 31.9 Å². The topological polar surface area (TPSA) is 59.0 Å². The third kappa shape index (κ3) is 2.71. The van der Waals surface area contributed by atoms with Crippen molar-refractivity contribution >= 4 is 5.97 Å². The summed E-state index contributed by atoms with van der Waals surface area (Å²) in [6, 6.07) is 11.5. The second-order valence-electron chi connectivity index (χ2n) is 6.19. The summed E-state index contributed by atoms with van der Waals surface area (Å²) < 4.78 is 11.6. The molecule has 2 aromatic carbocycles. The minimum absolute atomic E-state index is 0.404. The predicted octanol–water partition coefficient (Wildman–Crippen LogP) is 3.06. The van der Waals surface area contributed by atoms with Gasteiger partial charge in [0.05, 0.1) is 18.8 Å². The number of para-hydroxylation sites is 1. The number of ether oxygens (including phenoxy) is 2.